The second-order valence-corrected chi connectivity index (χ2v) is 7.25. The van der Waals surface area contributed by atoms with Gasteiger partial charge in [0.1, 0.15) is 23.9 Å². The predicted octanol–water partition coefficient (Wildman–Crippen LogP) is 0.269. The highest BCUT2D eigenvalue weighted by Crippen LogP contribution is 2.49. The Morgan fingerprint density at radius 1 is 1.16 bits per heavy atom. The summed E-state index contributed by atoms with van der Waals surface area (Å²) in [5.41, 5.74) is -7.55. The van der Waals surface area contributed by atoms with E-state index in [1.165, 1.54) is 27.7 Å². The van der Waals surface area contributed by atoms with Crippen molar-refractivity contribution in [1.82, 2.24) is 0 Å². The summed E-state index contributed by atoms with van der Waals surface area (Å²) in [6.07, 6.45) is -14.6. The maximum Gasteiger partial charge on any atom is 0.190 e. The van der Waals surface area contributed by atoms with Gasteiger partial charge in [-0.15, -0.1) is 0 Å². The smallest absolute Gasteiger partial charge is 0.190 e. The Balaban J connectivity index is 2.24. The number of fused-ring (bicyclic) bond motifs is 1. The van der Waals surface area contributed by atoms with E-state index in [9.17, 15) is 15.3 Å². The topological polar surface area (TPSA) is 107 Å². The molecule has 6 atom stereocenters. The minimum absolute atomic E-state index is 0.265. The predicted molar refractivity (Wildman–Crippen MR) is 85.5 cm³/mol. The minimum atomic E-state index is -4.35. The van der Waals surface area contributed by atoms with Crippen LogP contribution >= 0.6 is 0 Å². The average Bonchev–Trinajstić information content (AvgIpc) is 3.21. The van der Waals surface area contributed by atoms with Crippen molar-refractivity contribution < 1.29 is 51.3 Å². The van der Waals surface area contributed by atoms with Crippen LogP contribution in [0, 0.1) is 0 Å². The molecule has 3 fully saturated rings. The summed E-state index contributed by atoms with van der Waals surface area (Å²) in [6.45, 7) is -2.50. The molecule has 0 unspecified atom stereocenters. The molecule has 0 aromatic carbocycles. The Morgan fingerprint density at radius 3 is 2.44 bits per heavy atom. The zero-order valence-electron chi connectivity index (χ0n) is 23.4. The molecule has 3 N–H and O–H groups in total. The first kappa shape index (κ1) is 10.9. The van der Waals surface area contributed by atoms with Crippen LogP contribution < -0.4 is 0 Å². The van der Waals surface area contributed by atoms with Gasteiger partial charge in [0.05, 0.1) is 14.9 Å². The molecule has 3 heterocycles. The molecule has 0 aromatic heterocycles. The van der Waals surface area contributed by atoms with Crippen LogP contribution in [0.4, 0.5) is 0 Å². The molecule has 3 rings (SSSR count). The first-order chi connectivity index (χ1) is 14.9. The number of aliphatic hydroxyl groups is 3. The average molecular weight is 371 g/mol. The van der Waals surface area contributed by atoms with Crippen LogP contribution in [0.1, 0.15) is 59.6 Å². The minimum Gasteiger partial charge on any atom is -0.396 e. The number of rotatable bonds is 5. The van der Waals surface area contributed by atoms with Crippen LogP contribution in [0.5, 0.6) is 0 Å². The second kappa shape index (κ2) is 6.10. The van der Waals surface area contributed by atoms with Crippen molar-refractivity contribution in [3.8, 4) is 0 Å². The number of hydrogen-bond acceptors (Lipinski definition) is 8. The molecule has 0 saturated carbocycles. The molecule has 3 saturated heterocycles. The van der Waals surface area contributed by atoms with Crippen molar-refractivity contribution in [2.24, 2.45) is 0 Å². The van der Waals surface area contributed by atoms with Crippen LogP contribution in [0.3, 0.4) is 0 Å². The molecule has 0 aliphatic carbocycles. The van der Waals surface area contributed by atoms with E-state index in [2.05, 4.69) is 0 Å². The lowest BCUT2D eigenvalue weighted by molar-refractivity contribution is -0.254. The largest absolute Gasteiger partial charge is 0.396 e. The Labute approximate surface area is 160 Å². The van der Waals surface area contributed by atoms with Crippen molar-refractivity contribution in [3.63, 3.8) is 0 Å². The van der Waals surface area contributed by atoms with Crippen LogP contribution in [0.15, 0.2) is 0 Å². The highest BCUT2D eigenvalue weighted by atomic mass is 16.8. The van der Waals surface area contributed by atoms with E-state index in [0.29, 0.717) is 0 Å². The second-order valence-electron chi connectivity index (χ2n) is 7.25. The third-order valence-corrected chi connectivity index (χ3v) is 4.19. The molecule has 146 valence electrons. The van der Waals surface area contributed by atoms with Crippen LogP contribution in [-0.4, -0.2) is 75.9 Å². The van der Waals surface area contributed by atoms with E-state index in [-0.39, 0.29) is 6.61 Å². The van der Waals surface area contributed by atoms with Gasteiger partial charge in [-0.2, -0.15) is 0 Å². The summed E-state index contributed by atoms with van der Waals surface area (Å²) in [5.74, 6) is -2.67. The zero-order valence-corrected chi connectivity index (χ0v) is 14.4. The summed E-state index contributed by atoms with van der Waals surface area (Å²) in [7, 11) is 0. The monoisotopic (exact) mass is 371 g/mol. The fourth-order valence-corrected chi connectivity index (χ4v) is 3.32. The molecule has 3 aliphatic heterocycles. The van der Waals surface area contributed by atoms with Crippen molar-refractivity contribution in [3.05, 3.63) is 0 Å². The van der Waals surface area contributed by atoms with Gasteiger partial charge >= 0.3 is 0 Å². The SMILES string of the molecule is [2H]C([2H])(O)C([2H])([2H])[C@](O)(C([2H])([2H])[2H])C([2H])([2H])[C@@]1(O)[C@@H]([C@@H]2COC(C)(C)O2)O[C@@H]2OC(C)(C)O[C@@H]21. The van der Waals surface area contributed by atoms with Gasteiger partial charge in [-0.25, -0.2) is 0 Å². The summed E-state index contributed by atoms with van der Waals surface area (Å²) in [4.78, 5) is 0. The number of hydrogen-bond donors (Lipinski definition) is 3. The maximum absolute atomic E-state index is 11.9. The maximum atomic E-state index is 11.9. The van der Waals surface area contributed by atoms with E-state index in [1.54, 1.807) is 0 Å². The van der Waals surface area contributed by atoms with E-state index in [1.807, 2.05) is 0 Å². The van der Waals surface area contributed by atoms with Gasteiger partial charge < -0.3 is 39.0 Å². The highest BCUT2D eigenvalue weighted by Gasteiger charge is 2.67. The van der Waals surface area contributed by atoms with Gasteiger partial charge in [0, 0.05) is 22.5 Å². The van der Waals surface area contributed by atoms with Crippen molar-refractivity contribution in [1.29, 1.82) is 0 Å². The van der Waals surface area contributed by atoms with E-state index >= 15 is 0 Å². The molecule has 8 heteroatoms. The van der Waals surface area contributed by atoms with Gasteiger partial charge in [-0.3, -0.25) is 0 Å². The summed E-state index contributed by atoms with van der Waals surface area (Å²) in [5, 5.41) is 33.0. The third kappa shape index (κ3) is 3.72. The molecule has 0 bridgehead atoms. The van der Waals surface area contributed by atoms with Crippen LogP contribution in [0.25, 0.3) is 0 Å². The molecular weight excluding hydrogens is 332 g/mol. The Bertz CT molecular complexity index is 814. The quantitative estimate of drug-likeness (QED) is 0.632. The first-order valence-corrected chi connectivity index (χ1v) is 7.86. The zero-order chi connectivity index (χ0) is 26.6. The summed E-state index contributed by atoms with van der Waals surface area (Å²) < 4.78 is 99.6. The Morgan fingerprint density at radius 2 is 1.88 bits per heavy atom. The number of ether oxygens (including phenoxy) is 5. The lowest BCUT2D eigenvalue weighted by atomic mass is 9.78. The lowest BCUT2D eigenvalue weighted by Gasteiger charge is -2.40. The Kier molecular flexibility index (Phi) is 2.65. The van der Waals surface area contributed by atoms with Gasteiger partial charge in [-0.1, -0.05) is 0 Å². The van der Waals surface area contributed by atoms with Crippen molar-refractivity contribution in [2.45, 2.75) is 94.7 Å². The van der Waals surface area contributed by atoms with Crippen LogP contribution in [-0.2, 0) is 23.7 Å². The van der Waals surface area contributed by atoms with Gasteiger partial charge in [0.15, 0.2) is 17.9 Å². The fraction of sp³-hybridized carbons (Fsp3) is 1.00. The first-order valence-electron chi connectivity index (χ1n) is 12.4. The van der Waals surface area contributed by atoms with Gasteiger partial charge in [-0.05, 0) is 40.9 Å². The molecule has 0 radical (unpaired) electrons. The molecular formula is C17H30O8. The fourth-order valence-electron chi connectivity index (χ4n) is 3.32. The molecule has 0 amide bonds. The van der Waals surface area contributed by atoms with Crippen molar-refractivity contribution >= 4 is 0 Å². The van der Waals surface area contributed by atoms with E-state index in [4.69, 9.17) is 36.0 Å². The molecule has 0 aromatic rings. The molecule has 8 nitrogen and oxygen atoms in total. The van der Waals surface area contributed by atoms with Crippen molar-refractivity contribution in [2.75, 3.05) is 13.2 Å². The van der Waals surface area contributed by atoms with Crippen LogP contribution in [0.2, 0.25) is 0 Å². The summed E-state index contributed by atoms with van der Waals surface area (Å²) in [6, 6.07) is 0. The van der Waals surface area contributed by atoms with Gasteiger partial charge in [0.2, 0.25) is 0 Å². The van der Waals surface area contributed by atoms with E-state index in [0.717, 1.165) is 0 Å². The molecule has 25 heavy (non-hydrogen) atoms. The third-order valence-electron chi connectivity index (χ3n) is 4.19. The lowest BCUT2D eigenvalue weighted by Crippen LogP contribution is -2.57. The highest BCUT2D eigenvalue weighted by molar-refractivity contribution is 5.10. The molecule has 0 spiro atoms. The van der Waals surface area contributed by atoms with Gasteiger partial charge in [0.25, 0.3) is 0 Å². The van der Waals surface area contributed by atoms with E-state index < -0.39 is 73.5 Å². The standard InChI is InChI=1S/C17H30O8/c1-14(2)21-8-10(23-14)11-17(20,9-16(5,19)6-7-18)12-13(22-11)25-15(3,4)24-12/h10-13,18-20H,6-9H2,1-5H3/t10-,11+,12-,13+,16+,17+/m0/s1/i5D3,6D2,7D2,9D2. The Hall–Kier alpha value is -0.320. The summed E-state index contributed by atoms with van der Waals surface area (Å²) >= 11 is 0. The molecule has 3 aliphatic rings. The normalized spacial score (nSPS) is 52.2.